The predicted molar refractivity (Wildman–Crippen MR) is 258 cm³/mol. The van der Waals surface area contributed by atoms with Crippen molar-refractivity contribution in [3.05, 3.63) is 142 Å². The van der Waals surface area contributed by atoms with Crippen LogP contribution in [0.25, 0.3) is 44.1 Å². The SMILES string of the molecule is CCC(CC)C(=O)/C=C(\O)C(CC)CC(F)F.[2H]c1nc(-c2[c-]c(C)cc(C)c2)c2ccc(C3CCCC3)cc2c1[2H].[2H]c1nc(-c2[c-]c(C)cc(C)c2)c2ccc(C3CCCC3)cc2c1[2H].[Ir]. The normalized spacial score (nSPS) is 15.8. The summed E-state index contributed by atoms with van der Waals surface area (Å²) in [7, 11) is 0. The number of aliphatic hydroxyl groups is 1. The van der Waals surface area contributed by atoms with Crippen LogP contribution in [0.3, 0.4) is 0 Å². The van der Waals surface area contributed by atoms with Crippen molar-refractivity contribution >= 4 is 27.3 Å². The minimum Gasteiger partial charge on any atom is -0.512 e. The molecule has 2 aromatic heterocycles. The zero-order valence-corrected chi connectivity index (χ0v) is 41.0. The van der Waals surface area contributed by atoms with Crippen LogP contribution in [0, 0.1) is 51.7 Å². The van der Waals surface area contributed by atoms with E-state index in [0.29, 0.717) is 31.1 Å². The van der Waals surface area contributed by atoms with Gasteiger partial charge in [0.2, 0.25) is 6.43 Å². The Labute approximate surface area is 400 Å². The minimum absolute atomic E-state index is 0. The minimum atomic E-state index is -2.46. The first-order valence-electron chi connectivity index (χ1n) is 25.1. The maximum atomic E-state index is 12.2. The number of carbonyl (C=O) groups excluding carboxylic acids is 1. The number of aryl methyl sites for hydroxylation is 4. The number of alkyl halides is 2. The molecule has 0 aliphatic heterocycles. The van der Waals surface area contributed by atoms with Crippen LogP contribution in [0.4, 0.5) is 8.78 Å². The summed E-state index contributed by atoms with van der Waals surface area (Å²) in [6, 6.07) is 28.3. The van der Waals surface area contributed by atoms with E-state index >= 15 is 0 Å². The molecule has 2 saturated carbocycles. The fourth-order valence-electron chi connectivity index (χ4n) is 9.42. The standard InChI is InChI=1S/2C22H22N.C13H22F2O2.Ir/c2*1-15-11-16(2)13-20(12-15)22-21-8-7-18(17-5-3-4-6-17)14-19(21)9-10-23-22;1-4-9(5-2)11(16)8-12(17)10(6-3)7-13(14)15;/h2*7-12,14,17H,3-6H2,1-2H3;8-10,13,17H,4-7H2,1-3H3;/q2*-1;;/b;;12-8-;/i2*9D,10D;;. The van der Waals surface area contributed by atoms with Gasteiger partial charge in [0, 0.05) is 56.8 Å². The smallest absolute Gasteiger partial charge is 0.239 e. The van der Waals surface area contributed by atoms with Gasteiger partial charge >= 0.3 is 0 Å². The van der Waals surface area contributed by atoms with Crippen LogP contribution in [-0.4, -0.2) is 27.3 Å². The number of pyridine rings is 2. The molecule has 1 unspecified atom stereocenters. The van der Waals surface area contributed by atoms with E-state index in [0.717, 1.165) is 72.4 Å². The molecule has 1 radical (unpaired) electrons. The largest absolute Gasteiger partial charge is 0.512 e. The van der Waals surface area contributed by atoms with Crippen LogP contribution in [0.15, 0.2) is 96.9 Å². The van der Waals surface area contributed by atoms with Gasteiger partial charge in [-0.05, 0) is 113 Å². The van der Waals surface area contributed by atoms with Gasteiger partial charge in [0.05, 0.1) is 11.2 Å². The van der Waals surface area contributed by atoms with E-state index in [4.69, 9.17) is 5.48 Å². The van der Waals surface area contributed by atoms with Crippen LogP contribution >= 0.6 is 0 Å². The van der Waals surface area contributed by atoms with Crippen molar-refractivity contribution < 1.29 is 44.3 Å². The van der Waals surface area contributed by atoms with Crippen LogP contribution in [0.1, 0.15) is 149 Å². The van der Waals surface area contributed by atoms with Crippen molar-refractivity contribution in [2.75, 3.05) is 0 Å². The van der Waals surface area contributed by atoms with E-state index in [1.54, 1.807) is 6.92 Å². The fraction of sp³-hybridized carbons (Fsp3) is 0.421. The van der Waals surface area contributed by atoms with Gasteiger partial charge in [-0.15, -0.1) is 69.8 Å². The number of aliphatic hydroxyl groups excluding tert-OH is 1. The number of hydrogen-bond acceptors (Lipinski definition) is 4. The third-order valence-corrected chi connectivity index (χ3v) is 12.8. The van der Waals surface area contributed by atoms with Crippen molar-refractivity contribution in [1.29, 1.82) is 0 Å². The average Bonchev–Trinajstić information content (AvgIpc) is 4.04. The molecule has 7 heteroatoms. The second-order valence-corrected chi connectivity index (χ2v) is 17.7. The van der Waals surface area contributed by atoms with Crippen LogP contribution in [-0.2, 0) is 24.9 Å². The molecule has 1 atom stereocenters. The second kappa shape index (κ2) is 24.1. The third kappa shape index (κ3) is 13.3. The van der Waals surface area contributed by atoms with E-state index in [1.165, 1.54) is 62.5 Å². The molecule has 1 N–H and O–H groups in total. The van der Waals surface area contributed by atoms with Gasteiger partial charge in [-0.1, -0.05) is 111 Å². The maximum Gasteiger partial charge on any atom is 0.239 e. The first-order chi connectivity index (χ1) is 32.0. The maximum absolute atomic E-state index is 12.2. The number of benzene rings is 4. The molecule has 4 aromatic carbocycles. The molecule has 0 spiro atoms. The number of carbonyl (C=O) groups is 1. The predicted octanol–water partition coefficient (Wildman–Crippen LogP) is 16.1. The summed E-state index contributed by atoms with van der Waals surface area (Å²) in [4.78, 5) is 20.6. The van der Waals surface area contributed by atoms with E-state index in [1.807, 2.05) is 27.7 Å². The van der Waals surface area contributed by atoms with Crippen LogP contribution < -0.4 is 0 Å². The van der Waals surface area contributed by atoms with Gasteiger partial charge in [0.25, 0.3) is 0 Å². The number of hydrogen-bond donors (Lipinski definition) is 1. The van der Waals surface area contributed by atoms with E-state index in [2.05, 4.69) is 96.6 Å². The van der Waals surface area contributed by atoms with Gasteiger partial charge in [0.15, 0.2) is 5.78 Å². The Morgan fingerprint density at radius 2 is 1.12 bits per heavy atom. The number of fused-ring (bicyclic) bond motifs is 2. The molecular formula is C57H66F2IrN2O2-2. The number of ketones is 1. The summed E-state index contributed by atoms with van der Waals surface area (Å²) in [5, 5.41) is 13.3. The number of aromatic nitrogens is 2. The Balaban J connectivity index is 0.000000194. The molecule has 4 nitrogen and oxygen atoms in total. The number of rotatable bonds is 12. The van der Waals surface area contributed by atoms with Gasteiger partial charge in [-0.2, -0.15) is 0 Å². The molecule has 8 rings (SSSR count). The first-order valence-corrected chi connectivity index (χ1v) is 23.1. The summed E-state index contributed by atoms with van der Waals surface area (Å²) in [6.07, 6.45) is 10.3. The summed E-state index contributed by atoms with van der Waals surface area (Å²) in [5.74, 6) is 0.0872. The van der Waals surface area contributed by atoms with Gasteiger partial charge in [-0.3, -0.25) is 4.79 Å². The summed E-state index contributed by atoms with van der Waals surface area (Å²) >= 11 is 0. The first kappa shape index (κ1) is 44.6. The van der Waals surface area contributed by atoms with Crippen molar-refractivity contribution in [3.63, 3.8) is 0 Å². The van der Waals surface area contributed by atoms with Gasteiger partial charge < -0.3 is 15.1 Å². The van der Waals surface area contributed by atoms with Crippen molar-refractivity contribution in [2.45, 2.75) is 144 Å². The molecule has 0 bridgehead atoms. The van der Waals surface area contributed by atoms with E-state index in [-0.39, 0.29) is 62.0 Å². The zero-order valence-electron chi connectivity index (χ0n) is 42.6. The summed E-state index contributed by atoms with van der Waals surface area (Å²) in [5.41, 5.74) is 10.4. The number of allylic oxidation sites excluding steroid dienone is 2. The summed E-state index contributed by atoms with van der Waals surface area (Å²) in [6.45, 7) is 13.7. The van der Waals surface area contributed by atoms with Gasteiger partial charge in [0.1, 0.15) is 0 Å². The van der Waals surface area contributed by atoms with Crippen molar-refractivity contribution in [3.8, 4) is 22.5 Å². The fourth-order valence-corrected chi connectivity index (χ4v) is 9.42. The molecule has 64 heavy (non-hydrogen) atoms. The Kier molecular flexibility index (Phi) is 16.8. The van der Waals surface area contributed by atoms with Crippen LogP contribution in [0.2, 0.25) is 0 Å². The quantitative estimate of drug-likeness (QED) is 0.0754. The Hall–Kier alpha value is -4.58. The second-order valence-electron chi connectivity index (χ2n) is 17.7. The average molecular weight is 1050 g/mol. The molecule has 0 amide bonds. The Morgan fingerprint density at radius 1 is 0.703 bits per heavy atom. The molecular weight excluding hydrogens is 975 g/mol. The monoisotopic (exact) mass is 1050 g/mol. The Bertz CT molecular complexity index is 2530. The van der Waals surface area contributed by atoms with Crippen molar-refractivity contribution in [1.82, 2.24) is 9.97 Å². The van der Waals surface area contributed by atoms with Crippen molar-refractivity contribution in [2.24, 2.45) is 11.8 Å². The molecule has 0 saturated heterocycles. The topological polar surface area (TPSA) is 63.1 Å². The number of nitrogens with zero attached hydrogens (tertiary/aromatic N) is 2. The van der Waals surface area contributed by atoms with Gasteiger partial charge in [-0.25, -0.2) is 8.78 Å². The summed E-state index contributed by atoms with van der Waals surface area (Å²) < 4.78 is 57.5. The molecule has 6 aromatic rings. The number of halogens is 2. The van der Waals surface area contributed by atoms with Crippen LogP contribution in [0.5, 0.6) is 0 Å². The molecule has 2 heterocycles. The molecule has 2 aliphatic carbocycles. The zero-order chi connectivity index (χ0) is 48.5. The van der Waals surface area contributed by atoms with E-state index in [9.17, 15) is 18.7 Å². The Morgan fingerprint density at radius 3 is 1.50 bits per heavy atom. The third-order valence-electron chi connectivity index (χ3n) is 12.8. The molecule has 2 aliphatic rings. The van der Waals surface area contributed by atoms with E-state index < -0.39 is 18.8 Å². The molecule has 341 valence electrons. The molecule has 2 fully saturated rings.